The first-order valence-electron chi connectivity index (χ1n) is 14.4. The molecule has 0 saturated heterocycles. The van der Waals surface area contributed by atoms with E-state index in [1.807, 2.05) is 19.1 Å². The SMILES string of the molecule is C[C@]12CC[C@H]3[C@H](CCC4=CC(=O)CC[C@]43C)[C@H]1CC[C@@]2(O)C(=O)COC(=O)CCC(=O)NCc1ccccn1. The lowest BCUT2D eigenvalue weighted by Crippen LogP contribution is -2.58. The first kappa shape index (κ1) is 27.7. The van der Waals surface area contributed by atoms with Gasteiger partial charge in [0.05, 0.1) is 18.7 Å². The molecule has 0 aliphatic heterocycles. The number of rotatable bonds is 8. The topological polar surface area (TPSA) is 123 Å². The van der Waals surface area contributed by atoms with Crippen molar-refractivity contribution in [2.75, 3.05) is 6.61 Å². The minimum atomic E-state index is -1.53. The summed E-state index contributed by atoms with van der Waals surface area (Å²) in [6, 6.07) is 5.42. The Bertz CT molecular complexity index is 1180. The summed E-state index contributed by atoms with van der Waals surface area (Å²) in [7, 11) is 0. The number of Topliss-reactive ketones (excluding diaryl/α,β-unsaturated/α-hetero) is 1. The van der Waals surface area contributed by atoms with Crippen LogP contribution in [0.3, 0.4) is 0 Å². The van der Waals surface area contributed by atoms with Crippen molar-refractivity contribution in [3.63, 3.8) is 0 Å². The average Bonchev–Trinajstić information content (AvgIpc) is 3.21. The van der Waals surface area contributed by atoms with E-state index in [1.165, 1.54) is 5.57 Å². The monoisotopic (exact) mass is 536 g/mol. The molecule has 8 nitrogen and oxygen atoms in total. The van der Waals surface area contributed by atoms with Crippen molar-refractivity contribution in [2.45, 2.75) is 90.2 Å². The van der Waals surface area contributed by atoms with Crippen LogP contribution in [0, 0.1) is 28.6 Å². The van der Waals surface area contributed by atoms with Gasteiger partial charge in [0.25, 0.3) is 0 Å². The number of carbonyl (C=O) groups excluding carboxylic acids is 4. The maximum absolute atomic E-state index is 13.4. The number of ether oxygens (including phenoxy) is 1. The van der Waals surface area contributed by atoms with Crippen LogP contribution < -0.4 is 5.32 Å². The van der Waals surface area contributed by atoms with E-state index >= 15 is 0 Å². The molecule has 1 amide bonds. The van der Waals surface area contributed by atoms with Crippen molar-refractivity contribution in [1.29, 1.82) is 0 Å². The number of fused-ring (bicyclic) bond motifs is 5. The first-order chi connectivity index (χ1) is 18.6. The normalized spacial score (nSPS) is 35.2. The fraction of sp³-hybridized carbons (Fsp3) is 0.645. The molecule has 210 valence electrons. The Labute approximate surface area is 230 Å². The molecule has 4 aliphatic rings. The molecule has 1 aromatic rings. The molecule has 3 fully saturated rings. The van der Waals surface area contributed by atoms with Crippen LogP contribution in [0.15, 0.2) is 36.0 Å². The quantitative estimate of drug-likeness (QED) is 0.484. The number of nitrogens with one attached hydrogen (secondary N) is 1. The number of ketones is 2. The fourth-order valence-electron chi connectivity index (χ4n) is 8.37. The number of esters is 1. The van der Waals surface area contributed by atoms with Crippen molar-refractivity contribution < 1.29 is 29.0 Å². The molecule has 0 aromatic carbocycles. The van der Waals surface area contributed by atoms with Crippen LogP contribution in [-0.4, -0.2) is 45.7 Å². The van der Waals surface area contributed by atoms with E-state index in [2.05, 4.69) is 17.2 Å². The van der Waals surface area contributed by atoms with E-state index in [-0.39, 0.29) is 42.4 Å². The minimum absolute atomic E-state index is 0.0301. The Kier molecular flexibility index (Phi) is 7.53. The Balaban J connectivity index is 1.15. The zero-order valence-electron chi connectivity index (χ0n) is 23.0. The molecule has 1 aromatic heterocycles. The molecule has 8 heteroatoms. The zero-order valence-corrected chi connectivity index (χ0v) is 23.0. The molecule has 1 heterocycles. The number of amides is 1. The van der Waals surface area contributed by atoms with E-state index < -0.39 is 29.4 Å². The van der Waals surface area contributed by atoms with Gasteiger partial charge < -0.3 is 15.2 Å². The molecule has 0 bridgehead atoms. The van der Waals surface area contributed by atoms with Gasteiger partial charge in [0, 0.05) is 24.5 Å². The summed E-state index contributed by atoms with van der Waals surface area (Å²) in [5, 5.41) is 14.5. The van der Waals surface area contributed by atoms with Gasteiger partial charge in [-0.1, -0.05) is 25.5 Å². The highest BCUT2D eigenvalue weighted by molar-refractivity contribution is 5.92. The number of pyridine rings is 1. The van der Waals surface area contributed by atoms with Crippen LogP contribution in [0.25, 0.3) is 0 Å². The van der Waals surface area contributed by atoms with Gasteiger partial charge in [-0.2, -0.15) is 0 Å². The van der Waals surface area contributed by atoms with Gasteiger partial charge >= 0.3 is 5.97 Å². The maximum Gasteiger partial charge on any atom is 0.306 e. The highest BCUT2D eigenvalue weighted by Gasteiger charge is 2.66. The highest BCUT2D eigenvalue weighted by Crippen LogP contribution is 2.67. The van der Waals surface area contributed by atoms with Crippen LogP contribution >= 0.6 is 0 Å². The second-order valence-electron chi connectivity index (χ2n) is 12.5. The van der Waals surface area contributed by atoms with Crippen LogP contribution in [0.4, 0.5) is 0 Å². The van der Waals surface area contributed by atoms with Crippen molar-refractivity contribution in [3.8, 4) is 0 Å². The van der Waals surface area contributed by atoms with Gasteiger partial charge in [-0.15, -0.1) is 0 Å². The summed E-state index contributed by atoms with van der Waals surface area (Å²) in [6.07, 6.45) is 9.55. The summed E-state index contributed by atoms with van der Waals surface area (Å²) >= 11 is 0. The lowest BCUT2D eigenvalue weighted by atomic mass is 9.46. The summed E-state index contributed by atoms with van der Waals surface area (Å²) in [6.45, 7) is 4.16. The lowest BCUT2D eigenvalue weighted by Gasteiger charge is -2.58. The van der Waals surface area contributed by atoms with Gasteiger partial charge in [-0.25, -0.2) is 0 Å². The number of hydrogen-bond donors (Lipinski definition) is 2. The number of carbonyl (C=O) groups is 4. The standard InChI is InChI=1S/C31H40N2O6/c1-29-13-10-22(34)17-20(29)6-7-23-24(29)11-14-30(2)25(23)12-15-31(30,38)26(35)19-39-28(37)9-8-27(36)33-18-21-5-3-4-16-32-21/h3-5,16-17,23-25,38H,6-15,18-19H2,1-2H3,(H,33,36)/t23-,24-,25+,29+,30-,31+/m0/s1. The van der Waals surface area contributed by atoms with Gasteiger partial charge in [-0.05, 0) is 86.3 Å². The van der Waals surface area contributed by atoms with Crippen LogP contribution in [-0.2, 0) is 30.5 Å². The zero-order chi connectivity index (χ0) is 27.8. The molecular formula is C31H40N2O6. The van der Waals surface area contributed by atoms with Crippen LogP contribution in [0.5, 0.6) is 0 Å². The Hall–Kier alpha value is -2.87. The van der Waals surface area contributed by atoms with Crippen molar-refractivity contribution >= 4 is 23.4 Å². The average molecular weight is 537 g/mol. The first-order valence-corrected chi connectivity index (χ1v) is 14.4. The van der Waals surface area contributed by atoms with E-state index in [1.54, 1.807) is 18.3 Å². The molecule has 6 atom stereocenters. The van der Waals surface area contributed by atoms with Crippen LogP contribution in [0.2, 0.25) is 0 Å². The van der Waals surface area contributed by atoms with E-state index in [0.717, 1.165) is 44.2 Å². The second-order valence-corrected chi connectivity index (χ2v) is 12.5. The van der Waals surface area contributed by atoms with E-state index in [4.69, 9.17) is 4.74 Å². The highest BCUT2D eigenvalue weighted by atomic mass is 16.5. The van der Waals surface area contributed by atoms with Gasteiger partial charge in [-0.3, -0.25) is 24.2 Å². The summed E-state index contributed by atoms with van der Waals surface area (Å²) in [5.41, 5.74) is -0.0429. The predicted octanol–water partition coefficient (Wildman–Crippen LogP) is 3.85. The van der Waals surface area contributed by atoms with Crippen molar-refractivity contribution in [2.24, 2.45) is 28.6 Å². The molecular weight excluding hydrogens is 496 g/mol. The Morgan fingerprint density at radius 3 is 2.62 bits per heavy atom. The third kappa shape index (κ3) is 4.96. The Morgan fingerprint density at radius 1 is 1.05 bits per heavy atom. The van der Waals surface area contributed by atoms with Crippen LogP contribution in [0.1, 0.15) is 83.7 Å². The summed E-state index contributed by atoms with van der Waals surface area (Å²) in [4.78, 5) is 54.0. The maximum atomic E-state index is 13.4. The largest absolute Gasteiger partial charge is 0.458 e. The number of nitrogens with zero attached hydrogens (tertiary/aromatic N) is 1. The van der Waals surface area contributed by atoms with Gasteiger partial charge in [0.1, 0.15) is 5.60 Å². The predicted molar refractivity (Wildman–Crippen MR) is 143 cm³/mol. The molecule has 39 heavy (non-hydrogen) atoms. The molecule has 0 spiro atoms. The summed E-state index contributed by atoms with van der Waals surface area (Å²) < 4.78 is 5.24. The molecule has 2 N–H and O–H groups in total. The lowest BCUT2D eigenvalue weighted by molar-refractivity contribution is -0.170. The molecule has 4 aliphatic carbocycles. The van der Waals surface area contributed by atoms with Gasteiger partial charge in [0.2, 0.25) is 11.7 Å². The second kappa shape index (κ2) is 10.6. The number of allylic oxidation sites excluding steroid dienone is 1. The smallest absolute Gasteiger partial charge is 0.306 e. The van der Waals surface area contributed by atoms with E-state index in [0.29, 0.717) is 24.7 Å². The summed E-state index contributed by atoms with van der Waals surface area (Å²) in [5.74, 6) is -0.0379. The Morgan fingerprint density at radius 2 is 1.85 bits per heavy atom. The third-order valence-electron chi connectivity index (χ3n) is 10.7. The number of aromatic nitrogens is 1. The fourth-order valence-corrected chi connectivity index (χ4v) is 8.37. The molecule has 0 unspecified atom stereocenters. The van der Waals surface area contributed by atoms with E-state index in [9.17, 15) is 24.3 Å². The van der Waals surface area contributed by atoms with Crippen molar-refractivity contribution in [1.82, 2.24) is 10.3 Å². The molecule has 0 radical (unpaired) electrons. The molecule has 3 saturated carbocycles. The van der Waals surface area contributed by atoms with Crippen molar-refractivity contribution in [3.05, 3.63) is 41.7 Å². The van der Waals surface area contributed by atoms with Gasteiger partial charge in [0.15, 0.2) is 12.4 Å². The minimum Gasteiger partial charge on any atom is -0.458 e. The molecule has 5 rings (SSSR count). The third-order valence-corrected chi connectivity index (χ3v) is 10.7. The number of hydrogen-bond acceptors (Lipinski definition) is 7. The number of aliphatic hydroxyl groups is 1.